The van der Waals surface area contributed by atoms with Crippen LogP contribution in [0.1, 0.15) is 79.3 Å². The molecule has 0 spiro atoms. The highest BCUT2D eigenvalue weighted by molar-refractivity contribution is 5.14. The van der Waals surface area contributed by atoms with Crippen LogP contribution in [-0.2, 0) is 11.0 Å². The fourth-order valence-electron chi connectivity index (χ4n) is 2.39. The smallest absolute Gasteiger partial charge is 0.0953 e. The normalized spacial score (nSPS) is 13.0. The fraction of sp³-hybridized carbons (Fsp3) is 0.812. The Bertz CT molecular complexity index is 361. The molecule has 0 saturated carbocycles. The quantitative estimate of drug-likeness (QED) is 0.630. The van der Waals surface area contributed by atoms with Gasteiger partial charge in [0, 0.05) is 22.8 Å². The number of rotatable bonds is 7. The molecule has 0 N–H and O–H groups in total. The highest BCUT2D eigenvalue weighted by Crippen LogP contribution is 2.32. The van der Waals surface area contributed by atoms with Gasteiger partial charge in [-0.2, -0.15) is 0 Å². The van der Waals surface area contributed by atoms with Crippen LogP contribution >= 0.6 is 0 Å². The molecule has 0 aliphatic carbocycles. The first-order valence-electron chi connectivity index (χ1n) is 7.38. The van der Waals surface area contributed by atoms with Gasteiger partial charge >= 0.3 is 0 Å². The van der Waals surface area contributed by atoms with Crippen LogP contribution in [0.3, 0.4) is 0 Å². The van der Waals surface area contributed by atoms with Gasteiger partial charge in [0.05, 0.1) is 6.33 Å². The summed E-state index contributed by atoms with van der Waals surface area (Å²) in [6, 6.07) is 0. The summed E-state index contributed by atoms with van der Waals surface area (Å²) in [4.78, 5) is 4.39. The first kappa shape index (κ1) is 15.3. The average molecular weight is 250 g/mol. The second-order valence-electron chi connectivity index (χ2n) is 6.66. The maximum absolute atomic E-state index is 4.39. The van der Waals surface area contributed by atoms with E-state index in [1.165, 1.54) is 31.4 Å². The Morgan fingerprint density at radius 3 is 2.33 bits per heavy atom. The van der Waals surface area contributed by atoms with Gasteiger partial charge in [-0.15, -0.1) is 0 Å². The van der Waals surface area contributed by atoms with Crippen LogP contribution in [0.4, 0.5) is 0 Å². The van der Waals surface area contributed by atoms with Gasteiger partial charge in [-0.3, -0.25) is 0 Å². The summed E-state index contributed by atoms with van der Waals surface area (Å²) in [5.74, 6) is 0. The lowest BCUT2D eigenvalue weighted by Crippen LogP contribution is -2.32. The molecule has 0 atom stereocenters. The van der Waals surface area contributed by atoms with Gasteiger partial charge in [-0.05, 0) is 26.7 Å². The van der Waals surface area contributed by atoms with Crippen molar-refractivity contribution in [2.24, 2.45) is 0 Å². The number of hydrogen-bond acceptors (Lipinski definition) is 1. The van der Waals surface area contributed by atoms with Crippen molar-refractivity contribution < 1.29 is 0 Å². The van der Waals surface area contributed by atoms with Crippen LogP contribution in [0.25, 0.3) is 0 Å². The van der Waals surface area contributed by atoms with E-state index in [1.807, 2.05) is 12.5 Å². The Hall–Kier alpha value is -0.790. The van der Waals surface area contributed by atoms with Crippen molar-refractivity contribution in [3.05, 3.63) is 18.2 Å². The van der Waals surface area contributed by atoms with E-state index < -0.39 is 0 Å². The van der Waals surface area contributed by atoms with E-state index in [0.717, 1.165) is 6.42 Å². The molecule has 0 saturated heterocycles. The maximum Gasteiger partial charge on any atom is 0.0953 e. The van der Waals surface area contributed by atoms with Gasteiger partial charge in [0.1, 0.15) is 0 Å². The van der Waals surface area contributed by atoms with Crippen molar-refractivity contribution in [3.8, 4) is 0 Å². The van der Waals surface area contributed by atoms with Gasteiger partial charge in [0.25, 0.3) is 0 Å². The summed E-state index contributed by atoms with van der Waals surface area (Å²) in [7, 11) is 0. The molecule has 1 aromatic heterocycles. The van der Waals surface area contributed by atoms with E-state index in [9.17, 15) is 0 Å². The van der Waals surface area contributed by atoms with Crippen molar-refractivity contribution in [1.82, 2.24) is 9.55 Å². The predicted molar refractivity (Wildman–Crippen MR) is 79.0 cm³/mol. The summed E-state index contributed by atoms with van der Waals surface area (Å²) < 4.78 is 2.40. The molecule has 1 aromatic rings. The van der Waals surface area contributed by atoms with Gasteiger partial charge < -0.3 is 4.57 Å². The van der Waals surface area contributed by atoms with Gasteiger partial charge in [0.15, 0.2) is 0 Å². The molecule has 0 aromatic carbocycles. The number of nitrogens with zero attached hydrogens (tertiary/aromatic N) is 2. The third kappa shape index (κ3) is 3.37. The van der Waals surface area contributed by atoms with Gasteiger partial charge in [-0.1, -0.05) is 47.0 Å². The molecule has 0 fully saturated rings. The van der Waals surface area contributed by atoms with Crippen LogP contribution < -0.4 is 0 Å². The van der Waals surface area contributed by atoms with Crippen LogP contribution in [0, 0.1) is 0 Å². The summed E-state index contributed by atoms with van der Waals surface area (Å²) in [6.07, 6.45) is 10.3. The Morgan fingerprint density at radius 2 is 1.78 bits per heavy atom. The average Bonchev–Trinajstić information content (AvgIpc) is 2.79. The monoisotopic (exact) mass is 250 g/mol. The molecule has 0 bridgehead atoms. The topological polar surface area (TPSA) is 17.8 Å². The number of unbranched alkanes of at least 4 members (excludes halogenated alkanes) is 2. The van der Waals surface area contributed by atoms with E-state index in [-0.39, 0.29) is 11.0 Å². The lowest BCUT2D eigenvalue weighted by Gasteiger charge is -2.34. The molecule has 18 heavy (non-hydrogen) atoms. The molecule has 1 heterocycles. The highest BCUT2D eigenvalue weighted by atomic mass is 15.1. The fourth-order valence-corrected chi connectivity index (χ4v) is 2.39. The van der Waals surface area contributed by atoms with Crippen molar-refractivity contribution in [2.45, 2.75) is 84.6 Å². The number of aromatic nitrogens is 2. The van der Waals surface area contributed by atoms with Gasteiger partial charge in [-0.25, -0.2) is 4.98 Å². The van der Waals surface area contributed by atoms with E-state index in [4.69, 9.17) is 0 Å². The predicted octanol–water partition coefficient (Wildman–Crippen LogP) is 4.89. The van der Waals surface area contributed by atoms with Crippen LogP contribution in [-0.4, -0.2) is 9.55 Å². The molecule has 104 valence electrons. The van der Waals surface area contributed by atoms with Gasteiger partial charge in [0.2, 0.25) is 0 Å². The van der Waals surface area contributed by atoms with Crippen LogP contribution in [0.2, 0.25) is 0 Å². The second kappa shape index (κ2) is 5.90. The molecular weight excluding hydrogens is 220 g/mol. The molecule has 0 amide bonds. The Balaban J connectivity index is 2.92. The zero-order chi connectivity index (χ0) is 13.8. The van der Waals surface area contributed by atoms with Crippen LogP contribution in [0.5, 0.6) is 0 Å². The van der Waals surface area contributed by atoms with Crippen molar-refractivity contribution in [1.29, 1.82) is 0 Å². The molecule has 2 nitrogen and oxygen atoms in total. The first-order valence-corrected chi connectivity index (χ1v) is 7.38. The first-order chi connectivity index (χ1) is 8.35. The summed E-state index contributed by atoms with van der Waals surface area (Å²) in [6.45, 7) is 13.8. The minimum atomic E-state index is 0.174. The maximum atomic E-state index is 4.39. The SMILES string of the molecule is CCCCCC(C)(C)n1cncc1C(C)(C)CC. The van der Waals surface area contributed by atoms with E-state index in [1.54, 1.807) is 0 Å². The lowest BCUT2D eigenvalue weighted by molar-refractivity contribution is 0.288. The van der Waals surface area contributed by atoms with Crippen molar-refractivity contribution in [2.75, 3.05) is 0 Å². The molecule has 0 aliphatic heterocycles. The molecular formula is C16H30N2. The zero-order valence-electron chi connectivity index (χ0n) is 13.1. The number of hydrogen-bond donors (Lipinski definition) is 0. The zero-order valence-corrected chi connectivity index (χ0v) is 13.1. The number of imidazole rings is 1. The third-order valence-electron chi connectivity index (χ3n) is 4.26. The lowest BCUT2D eigenvalue weighted by atomic mass is 9.85. The standard InChI is InChI=1S/C16H30N2/c1-7-9-10-11-16(5,6)18-13-17-12-14(18)15(3,4)8-2/h12-13H,7-11H2,1-6H3. The Kier molecular flexibility index (Phi) is 5.01. The third-order valence-corrected chi connectivity index (χ3v) is 4.26. The Morgan fingerprint density at radius 1 is 1.11 bits per heavy atom. The summed E-state index contributed by atoms with van der Waals surface area (Å²) in [5.41, 5.74) is 1.75. The largest absolute Gasteiger partial charge is 0.329 e. The van der Waals surface area contributed by atoms with Crippen LogP contribution in [0.15, 0.2) is 12.5 Å². The van der Waals surface area contributed by atoms with E-state index in [0.29, 0.717) is 0 Å². The highest BCUT2D eigenvalue weighted by Gasteiger charge is 2.28. The minimum absolute atomic E-state index is 0.174. The van der Waals surface area contributed by atoms with Crippen molar-refractivity contribution >= 4 is 0 Å². The molecule has 0 aliphatic rings. The van der Waals surface area contributed by atoms with E-state index >= 15 is 0 Å². The molecule has 2 heteroatoms. The molecule has 0 radical (unpaired) electrons. The van der Waals surface area contributed by atoms with E-state index in [2.05, 4.69) is 51.1 Å². The molecule has 1 rings (SSSR count). The summed E-state index contributed by atoms with van der Waals surface area (Å²) in [5, 5.41) is 0. The Labute approximate surface area is 113 Å². The summed E-state index contributed by atoms with van der Waals surface area (Å²) >= 11 is 0. The molecule has 0 unspecified atom stereocenters. The van der Waals surface area contributed by atoms with Crippen molar-refractivity contribution in [3.63, 3.8) is 0 Å². The minimum Gasteiger partial charge on any atom is -0.329 e. The second-order valence-corrected chi connectivity index (χ2v) is 6.66.